The Bertz CT molecular complexity index is 419. The van der Waals surface area contributed by atoms with Crippen LogP contribution in [0.2, 0.25) is 0 Å². The molecular weight excluding hydrogens is 242 g/mol. The highest BCUT2D eigenvalue weighted by Crippen LogP contribution is 2.15. The number of hydrogen-bond acceptors (Lipinski definition) is 3. The number of carbonyl (C=O) groups excluding carboxylic acids is 1. The molecule has 1 atom stereocenters. The highest BCUT2D eigenvalue weighted by Gasteiger charge is 2.22. The number of amides is 2. The van der Waals surface area contributed by atoms with Gasteiger partial charge < -0.3 is 20.3 Å². The maximum absolute atomic E-state index is 11.8. The fraction of sp³-hybridized carbons (Fsp3) is 0.500. The largest absolute Gasteiger partial charge is 0.497 e. The van der Waals surface area contributed by atoms with Crippen molar-refractivity contribution in [3.63, 3.8) is 0 Å². The second kappa shape index (κ2) is 6.43. The van der Waals surface area contributed by atoms with E-state index in [1.807, 2.05) is 24.3 Å². The van der Waals surface area contributed by atoms with Gasteiger partial charge in [0.2, 0.25) is 0 Å². The van der Waals surface area contributed by atoms with Gasteiger partial charge in [-0.1, -0.05) is 6.92 Å². The van der Waals surface area contributed by atoms with E-state index in [0.717, 1.165) is 37.5 Å². The summed E-state index contributed by atoms with van der Waals surface area (Å²) in [5, 5.41) is 5.83. The first kappa shape index (κ1) is 13.7. The molecule has 0 bridgehead atoms. The van der Waals surface area contributed by atoms with Crippen LogP contribution < -0.4 is 15.4 Å². The number of methoxy groups -OCH3 is 1. The van der Waals surface area contributed by atoms with Crippen molar-refractivity contribution in [3.8, 4) is 5.75 Å². The zero-order valence-corrected chi connectivity index (χ0v) is 11.5. The summed E-state index contributed by atoms with van der Waals surface area (Å²) in [7, 11) is 1.62. The van der Waals surface area contributed by atoms with Crippen molar-refractivity contribution in [2.75, 3.05) is 32.1 Å². The predicted molar refractivity (Wildman–Crippen MR) is 75.7 cm³/mol. The van der Waals surface area contributed by atoms with Crippen LogP contribution in [0.4, 0.5) is 10.5 Å². The zero-order chi connectivity index (χ0) is 13.7. The van der Waals surface area contributed by atoms with Crippen molar-refractivity contribution in [1.82, 2.24) is 10.2 Å². The molecule has 0 spiro atoms. The van der Waals surface area contributed by atoms with E-state index in [9.17, 15) is 4.79 Å². The molecule has 0 radical (unpaired) electrons. The Balaban J connectivity index is 1.80. The van der Waals surface area contributed by atoms with Crippen LogP contribution in [0.15, 0.2) is 24.3 Å². The first-order chi connectivity index (χ1) is 9.21. The van der Waals surface area contributed by atoms with E-state index in [2.05, 4.69) is 22.5 Å². The predicted octanol–water partition coefficient (Wildman–Crippen LogP) is 1.91. The molecule has 0 aromatic heterocycles. The smallest absolute Gasteiger partial charge is 0.319 e. The molecule has 2 N–H and O–H groups in total. The highest BCUT2D eigenvalue weighted by atomic mass is 16.5. The first-order valence-electron chi connectivity index (χ1n) is 6.65. The third-order valence-corrected chi connectivity index (χ3v) is 3.40. The average molecular weight is 263 g/mol. The number of carbonyl (C=O) groups is 1. The van der Waals surface area contributed by atoms with Crippen molar-refractivity contribution in [3.05, 3.63) is 24.3 Å². The molecule has 2 rings (SSSR count). The van der Waals surface area contributed by atoms with E-state index in [-0.39, 0.29) is 12.1 Å². The van der Waals surface area contributed by atoms with Gasteiger partial charge in [-0.25, -0.2) is 4.79 Å². The van der Waals surface area contributed by atoms with E-state index in [4.69, 9.17) is 4.74 Å². The van der Waals surface area contributed by atoms with Gasteiger partial charge >= 0.3 is 6.03 Å². The van der Waals surface area contributed by atoms with Gasteiger partial charge in [0.1, 0.15) is 5.75 Å². The van der Waals surface area contributed by atoms with Crippen LogP contribution in [0.1, 0.15) is 13.3 Å². The second-order valence-electron chi connectivity index (χ2n) is 4.71. The average Bonchev–Trinajstić information content (AvgIpc) is 2.87. The van der Waals surface area contributed by atoms with Gasteiger partial charge in [-0.2, -0.15) is 0 Å². The Hall–Kier alpha value is -1.75. The number of rotatable bonds is 4. The summed E-state index contributed by atoms with van der Waals surface area (Å²) in [5.74, 6) is 0.778. The minimum atomic E-state index is -0.145. The number of anilines is 1. The van der Waals surface area contributed by atoms with Gasteiger partial charge in [-0.3, -0.25) is 0 Å². The number of likely N-dealkylation sites (tertiary alicyclic amines) is 1. The van der Waals surface area contributed by atoms with Crippen LogP contribution in [0.3, 0.4) is 0 Å². The van der Waals surface area contributed by atoms with E-state index in [1.165, 1.54) is 0 Å². The lowest BCUT2D eigenvalue weighted by Gasteiger charge is -2.15. The van der Waals surface area contributed by atoms with E-state index in [1.54, 1.807) is 7.11 Å². The Morgan fingerprint density at radius 1 is 1.42 bits per heavy atom. The van der Waals surface area contributed by atoms with Crippen LogP contribution in [-0.2, 0) is 0 Å². The number of benzene rings is 1. The van der Waals surface area contributed by atoms with Crippen LogP contribution >= 0.6 is 0 Å². The SMILES string of the molecule is CCN1CCC(NC(=O)Nc2ccc(OC)cc2)C1. The summed E-state index contributed by atoms with van der Waals surface area (Å²) in [6.45, 7) is 5.18. The number of urea groups is 1. The number of hydrogen-bond donors (Lipinski definition) is 2. The molecular formula is C14H21N3O2. The summed E-state index contributed by atoms with van der Waals surface area (Å²) in [4.78, 5) is 14.2. The molecule has 5 nitrogen and oxygen atoms in total. The summed E-state index contributed by atoms with van der Waals surface area (Å²) >= 11 is 0. The molecule has 2 amide bonds. The number of nitrogens with zero attached hydrogens (tertiary/aromatic N) is 1. The molecule has 1 aromatic carbocycles. The fourth-order valence-electron chi connectivity index (χ4n) is 2.26. The zero-order valence-electron chi connectivity index (χ0n) is 11.5. The quantitative estimate of drug-likeness (QED) is 0.872. The molecule has 0 saturated carbocycles. The second-order valence-corrected chi connectivity index (χ2v) is 4.71. The minimum Gasteiger partial charge on any atom is -0.497 e. The Kier molecular flexibility index (Phi) is 4.63. The van der Waals surface area contributed by atoms with E-state index < -0.39 is 0 Å². The van der Waals surface area contributed by atoms with Gasteiger partial charge in [0.25, 0.3) is 0 Å². The number of ether oxygens (including phenoxy) is 1. The molecule has 1 aliphatic heterocycles. The monoisotopic (exact) mass is 263 g/mol. The third kappa shape index (κ3) is 3.86. The summed E-state index contributed by atoms with van der Waals surface area (Å²) in [6.07, 6.45) is 1.02. The fourth-order valence-corrected chi connectivity index (χ4v) is 2.26. The molecule has 104 valence electrons. The molecule has 1 aromatic rings. The highest BCUT2D eigenvalue weighted by molar-refractivity contribution is 5.89. The topological polar surface area (TPSA) is 53.6 Å². The number of nitrogens with one attached hydrogen (secondary N) is 2. The maximum atomic E-state index is 11.8. The van der Waals surface area contributed by atoms with Crippen LogP contribution in [-0.4, -0.2) is 43.7 Å². The molecule has 1 unspecified atom stereocenters. The molecule has 19 heavy (non-hydrogen) atoms. The molecule has 1 saturated heterocycles. The first-order valence-corrected chi connectivity index (χ1v) is 6.65. The van der Waals surface area contributed by atoms with E-state index in [0.29, 0.717) is 0 Å². The third-order valence-electron chi connectivity index (χ3n) is 3.40. The minimum absolute atomic E-state index is 0.145. The van der Waals surface area contributed by atoms with Crippen LogP contribution in [0.25, 0.3) is 0 Å². The van der Waals surface area contributed by atoms with Gasteiger partial charge in [-0.15, -0.1) is 0 Å². The Labute approximate surface area is 113 Å². The van der Waals surface area contributed by atoms with Crippen molar-refractivity contribution in [2.45, 2.75) is 19.4 Å². The lowest BCUT2D eigenvalue weighted by Crippen LogP contribution is -2.39. The summed E-state index contributed by atoms with van der Waals surface area (Å²) < 4.78 is 5.07. The van der Waals surface area contributed by atoms with Crippen molar-refractivity contribution in [2.24, 2.45) is 0 Å². The normalized spacial score (nSPS) is 19.2. The van der Waals surface area contributed by atoms with Gasteiger partial charge in [0.05, 0.1) is 7.11 Å². The number of likely N-dealkylation sites (N-methyl/N-ethyl adjacent to an activating group) is 1. The van der Waals surface area contributed by atoms with Gasteiger partial charge in [0, 0.05) is 24.8 Å². The molecule has 5 heteroatoms. The lowest BCUT2D eigenvalue weighted by molar-refractivity contribution is 0.248. The maximum Gasteiger partial charge on any atom is 0.319 e. The van der Waals surface area contributed by atoms with Crippen molar-refractivity contribution < 1.29 is 9.53 Å². The standard InChI is InChI=1S/C14H21N3O2/c1-3-17-9-8-12(10-17)16-14(18)15-11-4-6-13(19-2)7-5-11/h4-7,12H,3,8-10H2,1-2H3,(H2,15,16,18). The Morgan fingerprint density at radius 3 is 2.74 bits per heavy atom. The Morgan fingerprint density at radius 2 is 2.16 bits per heavy atom. The molecule has 1 heterocycles. The molecule has 1 fully saturated rings. The van der Waals surface area contributed by atoms with Crippen LogP contribution in [0.5, 0.6) is 5.75 Å². The van der Waals surface area contributed by atoms with Crippen molar-refractivity contribution >= 4 is 11.7 Å². The van der Waals surface area contributed by atoms with Crippen molar-refractivity contribution in [1.29, 1.82) is 0 Å². The van der Waals surface area contributed by atoms with Gasteiger partial charge in [-0.05, 0) is 37.2 Å². The van der Waals surface area contributed by atoms with Crippen LogP contribution in [0, 0.1) is 0 Å². The lowest BCUT2D eigenvalue weighted by atomic mass is 10.2. The molecule has 1 aliphatic rings. The summed E-state index contributed by atoms with van der Waals surface area (Å²) in [6, 6.07) is 7.40. The molecule has 0 aliphatic carbocycles. The summed E-state index contributed by atoms with van der Waals surface area (Å²) in [5.41, 5.74) is 0.767. The van der Waals surface area contributed by atoms with E-state index >= 15 is 0 Å². The van der Waals surface area contributed by atoms with Gasteiger partial charge in [0.15, 0.2) is 0 Å².